The predicted molar refractivity (Wildman–Crippen MR) is 86.7 cm³/mol. The van der Waals surface area contributed by atoms with Gasteiger partial charge < -0.3 is 30.7 Å². The molecule has 0 radical (unpaired) electrons. The van der Waals surface area contributed by atoms with E-state index in [1.165, 1.54) is 32.6 Å². The highest BCUT2D eigenvalue weighted by molar-refractivity contribution is 5.73. The fourth-order valence-corrected chi connectivity index (χ4v) is 2.75. The van der Waals surface area contributed by atoms with E-state index in [0.717, 1.165) is 12.8 Å². The van der Waals surface area contributed by atoms with E-state index < -0.39 is 30.6 Å². The smallest absolute Gasteiger partial charge is 0.217 e. The summed E-state index contributed by atoms with van der Waals surface area (Å²) < 4.78 is 11.3. The van der Waals surface area contributed by atoms with Gasteiger partial charge in [0.15, 0.2) is 6.29 Å². The number of nitrogens with one attached hydrogen (secondary N) is 1. The van der Waals surface area contributed by atoms with Crippen LogP contribution in [0.4, 0.5) is 0 Å². The lowest BCUT2D eigenvalue weighted by Crippen LogP contribution is -2.67. The van der Waals surface area contributed by atoms with Gasteiger partial charge in [0, 0.05) is 13.5 Å². The normalized spacial score (nSPS) is 31.1. The van der Waals surface area contributed by atoms with Crippen molar-refractivity contribution in [3.63, 3.8) is 0 Å². The number of aliphatic hydroxyl groups is 2. The molecule has 0 aliphatic carbocycles. The third kappa shape index (κ3) is 6.73. The Morgan fingerprint density at radius 3 is 2.52 bits per heavy atom. The molecular weight excluding hydrogens is 300 g/mol. The molecule has 1 saturated heterocycles. The summed E-state index contributed by atoms with van der Waals surface area (Å²) in [6.45, 7) is 3.70. The number of nitrogens with two attached hydrogens (primary N) is 1. The van der Waals surface area contributed by atoms with Crippen LogP contribution in [0.1, 0.15) is 52.4 Å². The molecular formula is C16H32N2O5. The number of aliphatic hydroxyl groups excluding tert-OH is 2. The number of carbonyl (C=O) groups is 1. The quantitative estimate of drug-likeness (QED) is 0.427. The monoisotopic (exact) mass is 332 g/mol. The Hall–Kier alpha value is -0.730. The molecule has 0 bridgehead atoms. The molecule has 1 rings (SSSR count). The summed E-state index contributed by atoms with van der Waals surface area (Å²) in [4.78, 5) is 11.3. The zero-order valence-corrected chi connectivity index (χ0v) is 14.2. The van der Waals surface area contributed by atoms with Crippen LogP contribution in [-0.2, 0) is 14.3 Å². The number of rotatable bonds is 10. The Morgan fingerprint density at radius 2 is 1.91 bits per heavy atom. The minimum atomic E-state index is -1.05. The maximum atomic E-state index is 11.3. The maximum absolute atomic E-state index is 11.3. The molecule has 0 aromatic carbocycles. The summed E-state index contributed by atoms with van der Waals surface area (Å²) >= 11 is 0. The van der Waals surface area contributed by atoms with Crippen LogP contribution in [0, 0.1) is 0 Å². The van der Waals surface area contributed by atoms with Crippen molar-refractivity contribution in [2.24, 2.45) is 5.73 Å². The minimum absolute atomic E-state index is 0.267. The van der Waals surface area contributed by atoms with Crippen LogP contribution in [0.2, 0.25) is 0 Å². The van der Waals surface area contributed by atoms with Gasteiger partial charge in [0.2, 0.25) is 5.91 Å². The molecule has 23 heavy (non-hydrogen) atoms. The third-order valence-corrected chi connectivity index (χ3v) is 4.12. The highest BCUT2D eigenvalue weighted by Gasteiger charge is 2.44. The molecule has 0 unspecified atom stereocenters. The van der Waals surface area contributed by atoms with E-state index in [2.05, 4.69) is 12.2 Å². The van der Waals surface area contributed by atoms with Crippen molar-refractivity contribution in [3.8, 4) is 0 Å². The first-order valence-corrected chi connectivity index (χ1v) is 8.60. The lowest BCUT2D eigenvalue weighted by molar-refractivity contribution is -0.247. The zero-order chi connectivity index (χ0) is 17.2. The Bertz CT molecular complexity index is 342. The summed E-state index contributed by atoms with van der Waals surface area (Å²) in [5.41, 5.74) is 5.98. The molecule has 0 saturated carbocycles. The highest BCUT2D eigenvalue weighted by atomic mass is 16.7. The van der Waals surface area contributed by atoms with Crippen LogP contribution in [0.25, 0.3) is 0 Å². The zero-order valence-electron chi connectivity index (χ0n) is 14.2. The van der Waals surface area contributed by atoms with Crippen molar-refractivity contribution in [2.75, 3.05) is 13.2 Å². The third-order valence-electron chi connectivity index (χ3n) is 4.12. The van der Waals surface area contributed by atoms with E-state index in [1.54, 1.807) is 0 Å². The van der Waals surface area contributed by atoms with Crippen molar-refractivity contribution in [1.82, 2.24) is 5.32 Å². The number of ether oxygens (including phenoxy) is 2. The second kappa shape index (κ2) is 10.9. The van der Waals surface area contributed by atoms with Crippen LogP contribution < -0.4 is 11.1 Å². The van der Waals surface area contributed by atoms with Crippen LogP contribution in [0.5, 0.6) is 0 Å². The number of unbranched alkanes of at least 4 members (excludes halogenated alkanes) is 5. The molecule has 136 valence electrons. The summed E-state index contributed by atoms with van der Waals surface area (Å²) in [5, 5.41) is 22.0. The molecule has 0 aromatic heterocycles. The van der Waals surface area contributed by atoms with E-state index in [1.807, 2.05) is 0 Å². The van der Waals surface area contributed by atoms with E-state index in [0.29, 0.717) is 6.61 Å². The fraction of sp³-hybridized carbons (Fsp3) is 0.938. The van der Waals surface area contributed by atoms with Gasteiger partial charge in [0.1, 0.15) is 6.10 Å². The summed E-state index contributed by atoms with van der Waals surface area (Å²) in [6.07, 6.45) is 4.24. The van der Waals surface area contributed by atoms with Gasteiger partial charge in [0.25, 0.3) is 0 Å². The molecule has 1 amide bonds. The minimum Gasteiger partial charge on any atom is -0.394 e. The largest absolute Gasteiger partial charge is 0.394 e. The first-order valence-electron chi connectivity index (χ1n) is 8.60. The topological polar surface area (TPSA) is 114 Å². The van der Waals surface area contributed by atoms with Gasteiger partial charge in [-0.25, -0.2) is 0 Å². The summed E-state index contributed by atoms with van der Waals surface area (Å²) in [6, 6.07) is -1.38. The Labute approximate surface area is 138 Å². The standard InChI is InChI=1S/C16H32N2O5/c1-3-4-5-6-7-8-9-22-16-14(18-11(2)20)13(17)15(21)12(10-19)23-16/h12-16,19,21H,3-10,17H2,1-2H3,(H,18,20)/t12-,13-,14-,15-,16-/m1/s1. The predicted octanol–water partition coefficient (Wildman–Crippen LogP) is 0.274. The molecule has 0 aromatic rings. The van der Waals surface area contributed by atoms with Crippen LogP contribution in [0.3, 0.4) is 0 Å². The number of hydrogen-bond acceptors (Lipinski definition) is 6. The van der Waals surface area contributed by atoms with Crippen molar-refractivity contribution in [1.29, 1.82) is 0 Å². The van der Waals surface area contributed by atoms with Gasteiger partial charge in [-0.3, -0.25) is 4.79 Å². The van der Waals surface area contributed by atoms with Crippen molar-refractivity contribution < 1.29 is 24.5 Å². The van der Waals surface area contributed by atoms with E-state index in [4.69, 9.17) is 15.2 Å². The van der Waals surface area contributed by atoms with E-state index >= 15 is 0 Å². The van der Waals surface area contributed by atoms with Gasteiger partial charge >= 0.3 is 0 Å². The Balaban J connectivity index is 2.45. The van der Waals surface area contributed by atoms with Crippen LogP contribution >= 0.6 is 0 Å². The molecule has 1 heterocycles. The highest BCUT2D eigenvalue weighted by Crippen LogP contribution is 2.21. The van der Waals surface area contributed by atoms with Gasteiger partial charge in [-0.1, -0.05) is 39.0 Å². The van der Waals surface area contributed by atoms with Gasteiger partial charge in [-0.05, 0) is 6.42 Å². The van der Waals surface area contributed by atoms with Gasteiger partial charge in [0.05, 0.1) is 24.8 Å². The second-order valence-corrected chi connectivity index (χ2v) is 6.16. The van der Waals surface area contributed by atoms with E-state index in [-0.39, 0.29) is 12.5 Å². The number of hydrogen-bond donors (Lipinski definition) is 4. The SMILES string of the molecule is CCCCCCCCO[C@@H]1O[C@H](CO)[C@@H](O)[C@H](N)[C@H]1NC(C)=O. The summed E-state index contributed by atoms with van der Waals surface area (Å²) in [5.74, 6) is -0.267. The molecule has 7 heteroatoms. The van der Waals surface area contributed by atoms with Crippen LogP contribution in [-0.4, -0.2) is 59.9 Å². The summed E-state index contributed by atoms with van der Waals surface area (Å²) in [7, 11) is 0. The molecule has 7 nitrogen and oxygen atoms in total. The van der Waals surface area contributed by atoms with Crippen molar-refractivity contribution in [2.45, 2.75) is 83.0 Å². The first-order chi connectivity index (χ1) is 11.0. The first kappa shape index (κ1) is 20.3. The number of carbonyl (C=O) groups excluding carboxylic acids is 1. The van der Waals surface area contributed by atoms with Gasteiger partial charge in [-0.2, -0.15) is 0 Å². The molecule has 5 N–H and O–H groups in total. The lowest BCUT2D eigenvalue weighted by Gasteiger charge is -2.42. The molecule has 5 atom stereocenters. The number of amides is 1. The van der Waals surface area contributed by atoms with Crippen molar-refractivity contribution >= 4 is 5.91 Å². The molecule has 1 aliphatic heterocycles. The Morgan fingerprint density at radius 1 is 1.26 bits per heavy atom. The average molecular weight is 332 g/mol. The van der Waals surface area contributed by atoms with Crippen molar-refractivity contribution in [3.05, 3.63) is 0 Å². The van der Waals surface area contributed by atoms with E-state index in [9.17, 15) is 15.0 Å². The average Bonchev–Trinajstić information content (AvgIpc) is 2.52. The second-order valence-electron chi connectivity index (χ2n) is 6.16. The Kier molecular flexibility index (Phi) is 9.66. The van der Waals surface area contributed by atoms with Gasteiger partial charge in [-0.15, -0.1) is 0 Å². The molecule has 1 aliphatic rings. The fourth-order valence-electron chi connectivity index (χ4n) is 2.75. The maximum Gasteiger partial charge on any atom is 0.217 e. The molecule has 0 spiro atoms. The van der Waals surface area contributed by atoms with Crippen LogP contribution in [0.15, 0.2) is 0 Å². The lowest BCUT2D eigenvalue weighted by atomic mass is 9.95. The molecule has 1 fully saturated rings.